The van der Waals surface area contributed by atoms with Gasteiger partial charge in [-0.1, -0.05) is 12.1 Å². The minimum atomic E-state index is -1.01. The van der Waals surface area contributed by atoms with Crippen molar-refractivity contribution in [3.8, 4) is 11.4 Å². The van der Waals surface area contributed by atoms with E-state index in [0.29, 0.717) is 49.2 Å². The molecule has 1 aliphatic heterocycles. The Hall–Kier alpha value is -4.19. The van der Waals surface area contributed by atoms with Gasteiger partial charge >= 0.3 is 0 Å². The molecule has 5 aromatic rings. The molecule has 0 radical (unpaired) electrons. The average molecular weight is 529 g/mol. The smallest absolute Gasteiger partial charge is 0.264 e. The summed E-state index contributed by atoms with van der Waals surface area (Å²) in [6.45, 7) is 2.82. The third-order valence-corrected chi connectivity index (χ3v) is 7.36. The highest BCUT2D eigenvalue weighted by Gasteiger charge is 2.33. The summed E-state index contributed by atoms with van der Waals surface area (Å²) in [5.41, 5.74) is 8.55. The van der Waals surface area contributed by atoms with Gasteiger partial charge in [0.25, 0.3) is 5.56 Å². The number of hydrogen-bond acceptors (Lipinski definition) is 7. The molecule has 200 valence electrons. The Balaban J connectivity index is 1.10. The molecule has 0 amide bonds. The molecule has 0 unspecified atom stereocenters. The molecule has 1 saturated heterocycles. The maximum absolute atomic E-state index is 13.3. The second kappa shape index (κ2) is 10.2. The number of hydrogen-bond donors (Lipinski definition) is 2. The third kappa shape index (κ3) is 5.11. The molecule has 1 aliphatic rings. The third-order valence-electron chi connectivity index (χ3n) is 7.36. The number of aliphatic hydroxyl groups is 1. The SMILES string of the molecule is NCc1cnn(-c2ccc(CN3CCC(O)(Cn4cnc5c(cnn5-c5ccc(F)cc5)c4=O)CC3)cc2)c1. The Kier molecular flexibility index (Phi) is 6.55. The van der Waals surface area contributed by atoms with Crippen LogP contribution in [0, 0.1) is 5.82 Å². The highest BCUT2D eigenvalue weighted by Crippen LogP contribution is 2.25. The lowest BCUT2D eigenvalue weighted by molar-refractivity contribution is -0.0364. The lowest BCUT2D eigenvalue weighted by Gasteiger charge is -2.38. The molecule has 39 heavy (non-hydrogen) atoms. The Labute approximate surface area is 223 Å². The first kappa shape index (κ1) is 25.1. The zero-order chi connectivity index (χ0) is 27.0. The number of halogens is 1. The van der Waals surface area contributed by atoms with Crippen molar-refractivity contribution in [3.63, 3.8) is 0 Å². The van der Waals surface area contributed by atoms with Gasteiger partial charge < -0.3 is 10.8 Å². The van der Waals surface area contributed by atoms with Crippen LogP contribution in [0.25, 0.3) is 22.4 Å². The first-order valence-electron chi connectivity index (χ1n) is 12.9. The highest BCUT2D eigenvalue weighted by molar-refractivity contribution is 5.74. The van der Waals surface area contributed by atoms with Crippen LogP contribution in [0.15, 0.2) is 78.2 Å². The Bertz CT molecular complexity index is 1650. The van der Waals surface area contributed by atoms with Crippen molar-refractivity contribution in [2.24, 2.45) is 5.73 Å². The van der Waals surface area contributed by atoms with Crippen molar-refractivity contribution >= 4 is 11.0 Å². The summed E-state index contributed by atoms with van der Waals surface area (Å²) in [6.07, 6.45) is 7.70. The minimum absolute atomic E-state index is 0.160. The number of nitrogens with zero attached hydrogens (tertiary/aromatic N) is 7. The quantitative estimate of drug-likeness (QED) is 0.333. The fraction of sp³-hybridized carbons (Fsp3) is 0.286. The summed E-state index contributed by atoms with van der Waals surface area (Å²) in [5.74, 6) is -0.352. The summed E-state index contributed by atoms with van der Waals surface area (Å²) in [7, 11) is 0. The summed E-state index contributed by atoms with van der Waals surface area (Å²) >= 11 is 0. The van der Waals surface area contributed by atoms with E-state index in [2.05, 4.69) is 32.2 Å². The number of piperidine rings is 1. The predicted molar refractivity (Wildman–Crippen MR) is 144 cm³/mol. The van der Waals surface area contributed by atoms with Crippen LogP contribution >= 0.6 is 0 Å². The molecular weight excluding hydrogens is 499 g/mol. The fourth-order valence-corrected chi connectivity index (χ4v) is 5.05. The number of rotatable bonds is 7. The van der Waals surface area contributed by atoms with Crippen LogP contribution in [0.4, 0.5) is 4.39 Å². The standard InChI is InChI=1S/C28H29FN8O2/c29-22-3-7-24(8-4-22)37-26-25(15-33-37)27(38)35(19-31-26)18-28(39)9-11-34(12-10-28)16-20-1-5-23(6-2-20)36-17-21(13-30)14-32-36/h1-8,14-15,17,19,39H,9-13,16,18,30H2. The minimum Gasteiger partial charge on any atom is -0.388 e. The van der Waals surface area contributed by atoms with Gasteiger partial charge in [0.2, 0.25) is 0 Å². The number of aromatic nitrogens is 6. The molecule has 6 rings (SSSR count). The van der Waals surface area contributed by atoms with E-state index in [1.165, 1.54) is 39.5 Å². The lowest BCUT2D eigenvalue weighted by Crippen LogP contribution is -2.47. The van der Waals surface area contributed by atoms with Crippen LogP contribution in [0.2, 0.25) is 0 Å². The molecule has 0 bridgehead atoms. The van der Waals surface area contributed by atoms with Crippen molar-refractivity contribution in [2.75, 3.05) is 13.1 Å². The first-order valence-corrected chi connectivity index (χ1v) is 12.9. The predicted octanol–water partition coefficient (Wildman–Crippen LogP) is 2.39. The fourth-order valence-electron chi connectivity index (χ4n) is 5.05. The van der Waals surface area contributed by atoms with Crippen LogP contribution in [0.1, 0.15) is 24.0 Å². The molecule has 2 aromatic carbocycles. The highest BCUT2D eigenvalue weighted by atomic mass is 19.1. The van der Waals surface area contributed by atoms with E-state index in [4.69, 9.17) is 5.73 Å². The lowest BCUT2D eigenvalue weighted by atomic mass is 9.91. The van der Waals surface area contributed by atoms with Crippen molar-refractivity contribution in [2.45, 2.75) is 38.1 Å². The average Bonchev–Trinajstić information content (AvgIpc) is 3.61. The van der Waals surface area contributed by atoms with E-state index < -0.39 is 5.60 Å². The van der Waals surface area contributed by atoms with Gasteiger partial charge in [0.1, 0.15) is 17.5 Å². The van der Waals surface area contributed by atoms with Crippen LogP contribution in [-0.4, -0.2) is 57.8 Å². The summed E-state index contributed by atoms with van der Waals surface area (Å²) in [6, 6.07) is 14.1. The zero-order valence-electron chi connectivity index (χ0n) is 21.3. The second-order valence-electron chi connectivity index (χ2n) is 10.1. The molecule has 0 saturated carbocycles. The van der Waals surface area contributed by atoms with Gasteiger partial charge in [-0.3, -0.25) is 14.3 Å². The van der Waals surface area contributed by atoms with Gasteiger partial charge in [-0.05, 0) is 54.8 Å². The summed E-state index contributed by atoms with van der Waals surface area (Å²) in [4.78, 5) is 19.9. The van der Waals surface area contributed by atoms with Gasteiger partial charge in [0, 0.05) is 37.9 Å². The van der Waals surface area contributed by atoms with Gasteiger partial charge in [0.15, 0.2) is 5.65 Å². The van der Waals surface area contributed by atoms with E-state index in [0.717, 1.165) is 17.8 Å². The van der Waals surface area contributed by atoms with Crippen LogP contribution in [0.3, 0.4) is 0 Å². The van der Waals surface area contributed by atoms with Crippen molar-refractivity contribution in [1.82, 2.24) is 34.0 Å². The van der Waals surface area contributed by atoms with Crippen molar-refractivity contribution in [3.05, 3.63) is 101 Å². The Morgan fingerprint density at radius 3 is 2.36 bits per heavy atom. The van der Waals surface area contributed by atoms with Crippen LogP contribution in [-0.2, 0) is 19.6 Å². The maximum Gasteiger partial charge on any atom is 0.264 e. The Morgan fingerprint density at radius 1 is 0.949 bits per heavy atom. The molecule has 11 heteroatoms. The second-order valence-corrected chi connectivity index (χ2v) is 10.1. The molecule has 0 aliphatic carbocycles. The molecule has 4 heterocycles. The zero-order valence-corrected chi connectivity index (χ0v) is 21.3. The van der Waals surface area contributed by atoms with Crippen molar-refractivity contribution in [1.29, 1.82) is 0 Å². The van der Waals surface area contributed by atoms with Crippen LogP contribution < -0.4 is 11.3 Å². The monoisotopic (exact) mass is 528 g/mol. The van der Waals surface area contributed by atoms with E-state index >= 15 is 0 Å². The normalized spacial score (nSPS) is 15.7. The van der Waals surface area contributed by atoms with E-state index in [-0.39, 0.29) is 17.9 Å². The first-order chi connectivity index (χ1) is 18.9. The van der Waals surface area contributed by atoms with Crippen LogP contribution in [0.5, 0.6) is 0 Å². The molecule has 1 fully saturated rings. The molecule has 10 nitrogen and oxygen atoms in total. The molecule has 3 N–H and O–H groups in total. The van der Waals surface area contributed by atoms with Gasteiger partial charge in [-0.25, -0.2) is 18.7 Å². The number of nitrogens with two attached hydrogens (primary N) is 1. The molecule has 3 aromatic heterocycles. The number of likely N-dealkylation sites (tertiary alicyclic amines) is 1. The van der Waals surface area contributed by atoms with Gasteiger partial charge in [-0.2, -0.15) is 10.2 Å². The molecular formula is C28H29FN8O2. The molecule has 0 atom stereocenters. The van der Waals surface area contributed by atoms with E-state index in [1.807, 2.05) is 23.0 Å². The maximum atomic E-state index is 13.3. The summed E-state index contributed by atoms with van der Waals surface area (Å²) in [5, 5.41) is 20.3. The van der Waals surface area contributed by atoms with E-state index in [1.54, 1.807) is 18.3 Å². The number of fused-ring (bicyclic) bond motifs is 1. The van der Waals surface area contributed by atoms with Gasteiger partial charge in [0.05, 0.1) is 35.9 Å². The summed E-state index contributed by atoms with van der Waals surface area (Å²) < 4.78 is 18.1. The Morgan fingerprint density at radius 2 is 1.67 bits per heavy atom. The topological polar surface area (TPSA) is 120 Å². The van der Waals surface area contributed by atoms with Crippen molar-refractivity contribution < 1.29 is 9.50 Å². The largest absolute Gasteiger partial charge is 0.388 e. The molecule has 0 spiro atoms. The number of benzene rings is 2. The van der Waals surface area contributed by atoms with Gasteiger partial charge in [-0.15, -0.1) is 0 Å². The van der Waals surface area contributed by atoms with E-state index in [9.17, 15) is 14.3 Å².